The summed E-state index contributed by atoms with van der Waals surface area (Å²) < 4.78 is 1.94. The molecule has 0 saturated heterocycles. The van der Waals surface area contributed by atoms with Gasteiger partial charge in [-0.3, -0.25) is 4.68 Å². The zero-order valence-electron chi connectivity index (χ0n) is 7.12. The van der Waals surface area contributed by atoms with Crippen molar-refractivity contribution in [3.05, 3.63) is 18.0 Å². The molecule has 3 heteroatoms. The van der Waals surface area contributed by atoms with Crippen molar-refractivity contribution in [3.8, 4) is 0 Å². The predicted molar refractivity (Wildman–Crippen MR) is 45.2 cm³/mol. The molecule has 0 aromatic carbocycles. The third-order valence-corrected chi connectivity index (χ3v) is 1.68. The van der Waals surface area contributed by atoms with Gasteiger partial charge in [-0.2, -0.15) is 5.10 Å². The van der Waals surface area contributed by atoms with Crippen LogP contribution in [0, 0.1) is 12.8 Å². The number of aromatic nitrogens is 2. The maximum atomic E-state index is 5.49. The Morgan fingerprint density at radius 1 is 1.73 bits per heavy atom. The first-order valence-electron chi connectivity index (χ1n) is 3.92. The molecule has 0 bridgehead atoms. The van der Waals surface area contributed by atoms with Crippen LogP contribution in [0.25, 0.3) is 0 Å². The van der Waals surface area contributed by atoms with Crippen LogP contribution in [0.3, 0.4) is 0 Å². The van der Waals surface area contributed by atoms with Crippen molar-refractivity contribution >= 4 is 0 Å². The molecule has 3 nitrogen and oxygen atoms in total. The van der Waals surface area contributed by atoms with Crippen molar-refractivity contribution in [2.45, 2.75) is 20.4 Å². The second-order valence-corrected chi connectivity index (χ2v) is 3.02. The Bertz CT molecular complexity index is 217. The summed E-state index contributed by atoms with van der Waals surface area (Å²) in [5.41, 5.74) is 6.55. The van der Waals surface area contributed by atoms with E-state index in [1.807, 2.05) is 23.9 Å². The van der Waals surface area contributed by atoms with E-state index in [1.165, 1.54) is 0 Å². The van der Waals surface area contributed by atoms with Gasteiger partial charge >= 0.3 is 0 Å². The molecule has 0 aliphatic rings. The SMILES string of the molecule is Cc1ccn(C[C@H](C)CN)n1. The summed E-state index contributed by atoms with van der Waals surface area (Å²) in [6, 6.07) is 2.00. The second-order valence-electron chi connectivity index (χ2n) is 3.02. The number of nitrogens with zero attached hydrogens (tertiary/aromatic N) is 2. The Kier molecular flexibility index (Phi) is 2.65. The van der Waals surface area contributed by atoms with Crippen LogP contribution in [-0.4, -0.2) is 16.3 Å². The molecule has 0 unspecified atom stereocenters. The highest BCUT2D eigenvalue weighted by atomic mass is 15.3. The number of hydrogen-bond donors (Lipinski definition) is 1. The van der Waals surface area contributed by atoms with Crippen LogP contribution in [-0.2, 0) is 6.54 Å². The minimum absolute atomic E-state index is 0.509. The molecule has 1 aromatic heterocycles. The van der Waals surface area contributed by atoms with Crippen molar-refractivity contribution in [1.82, 2.24) is 9.78 Å². The molecule has 0 saturated carbocycles. The van der Waals surface area contributed by atoms with Crippen LogP contribution >= 0.6 is 0 Å². The average Bonchev–Trinajstić information content (AvgIpc) is 2.35. The lowest BCUT2D eigenvalue weighted by Gasteiger charge is -2.07. The van der Waals surface area contributed by atoms with Gasteiger partial charge in [-0.25, -0.2) is 0 Å². The van der Waals surface area contributed by atoms with Gasteiger partial charge in [0, 0.05) is 12.7 Å². The quantitative estimate of drug-likeness (QED) is 0.697. The first-order valence-corrected chi connectivity index (χ1v) is 3.92. The molecule has 1 heterocycles. The van der Waals surface area contributed by atoms with Crippen LogP contribution in [0.4, 0.5) is 0 Å². The highest BCUT2D eigenvalue weighted by molar-refractivity contribution is 4.94. The fourth-order valence-electron chi connectivity index (χ4n) is 0.959. The molecule has 0 fully saturated rings. The Hall–Kier alpha value is -0.830. The molecule has 1 rings (SSSR count). The van der Waals surface area contributed by atoms with Gasteiger partial charge in [0.15, 0.2) is 0 Å². The predicted octanol–water partition coefficient (Wildman–Crippen LogP) is 0.786. The summed E-state index contributed by atoms with van der Waals surface area (Å²) in [7, 11) is 0. The molecule has 2 N–H and O–H groups in total. The van der Waals surface area contributed by atoms with Gasteiger partial charge < -0.3 is 5.73 Å². The van der Waals surface area contributed by atoms with Crippen molar-refractivity contribution < 1.29 is 0 Å². The first kappa shape index (κ1) is 8.27. The van der Waals surface area contributed by atoms with Crippen molar-refractivity contribution in [1.29, 1.82) is 0 Å². The lowest BCUT2D eigenvalue weighted by Crippen LogP contribution is -2.17. The molecule has 1 atom stereocenters. The third-order valence-electron chi connectivity index (χ3n) is 1.68. The summed E-state index contributed by atoms with van der Waals surface area (Å²) in [5.74, 6) is 0.509. The molecule has 0 aliphatic carbocycles. The summed E-state index contributed by atoms with van der Waals surface area (Å²) in [6.45, 7) is 5.75. The number of nitrogens with two attached hydrogens (primary N) is 1. The summed E-state index contributed by atoms with van der Waals surface area (Å²) in [4.78, 5) is 0. The van der Waals surface area contributed by atoms with Crippen LogP contribution in [0.15, 0.2) is 12.3 Å². The Labute approximate surface area is 67.2 Å². The van der Waals surface area contributed by atoms with Crippen LogP contribution in [0.2, 0.25) is 0 Å². The van der Waals surface area contributed by atoms with Gasteiger partial charge in [-0.05, 0) is 25.5 Å². The molecule has 11 heavy (non-hydrogen) atoms. The molecular formula is C8H15N3. The van der Waals surface area contributed by atoms with Gasteiger partial charge in [0.25, 0.3) is 0 Å². The van der Waals surface area contributed by atoms with E-state index in [-0.39, 0.29) is 0 Å². The standard InChI is InChI=1S/C8H15N3/c1-7(5-9)6-11-4-3-8(2)10-11/h3-4,7H,5-6,9H2,1-2H3/t7-/m1/s1. The largest absolute Gasteiger partial charge is 0.330 e. The highest BCUT2D eigenvalue weighted by Crippen LogP contribution is 1.98. The third kappa shape index (κ3) is 2.35. The van der Waals surface area contributed by atoms with Gasteiger partial charge in [0.1, 0.15) is 0 Å². The lowest BCUT2D eigenvalue weighted by atomic mass is 10.2. The average molecular weight is 153 g/mol. The monoisotopic (exact) mass is 153 g/mol. The molecule has 1 aromatic rings. The van der Waals surface area contributed by atoms with Gasteiger partial charge in [0.2, 0.25) is 0 Å². The second kappa shape index (κ2) is 3.53. The van der Waals surface area contributed by atoms with Crippen LogP contribution in [0.1, 0.15) is 12.6 Å². The van der Waals surface area contributed by atoms with E-state index in [4.69, 9.17) is 5.73 Å². The maximum absolute atomic E-state index is 5.49. The smallest absolute Gasteiger partial charge is 0.0593 e. The first-order chi connectivity index (χ1) is 5.22. The van der Waals surface area contributed by atoms with Crippen molar-refractivity contribution in [2.24, 2.45) is 11.7 Å². The van der Waals surface area contributed by atoms with E-state index < -0.39 is 0 Å². The molecular weight excluding hydrogens is 138 g/mol. The van der Waals surface area contributed by atoms with Crippen LogP contribution < -0.4 is 5.73 Å². The topological polar surface area (TPSA) is 43.8 Å². The molecule has 0 amide bonds. The van der Waals surface area contributed by atoms with E-state index in [2.05, 4.69) is 12.0 Å². The van der Waals surface area contributed by atoms with Crippen molar-refractivity contribution in [2.75, 3.05) is 6.54 Å². The molecule has 0 spiro atoms. The lowest BCUT2D eigenvalue weighted by molar-refractivity contribution is 0.457. The van der Waals surface area contributed by atoms with E-state index in [0.29, 0.717) is 5.92 Å². The minimum atomic E-state index is 0.509. The van der Waals surface area contributed by atoms with Gasteiger partial charge in [-0.1, -0.05) is 6.92 Å². The normalized spacial score (nSPS) is 13.4. The van der Waals surface area contributed by atoms with E-state index >= 15 is 0 Å². The van der Waals surface area contributed by atoms with E-state index in [1.54, 1.807) is 0 Å². The van der Waals surface area contributed by atoms with Gasteiger partial charge in [-0.15, -0.1) is 0 Å². The van der Waals surface area contributed by atoms with Crippen LogP contribution in [0.5, 0.6) is 0 Å². The Balaban J connectivity index is 2.50. The summed E-state index contributed by atoms with van der Waals surface area (Å²) >= 11 is 0. The number of aryl methyl sites for hydroxylation is 1. The fourth-order valence-corrected chi connectivity index (χ4v) is 0.959. The Morgan fingerprint density at radius 2 is 2.45 bits per heavy atom. The van der Waals surface area contributed by atoms with E-state index in [0.717, 1.165) is 18.8 Å². The zero-order valence-corrected chi connectivity index (χ0v) is 7.12. The minimum Gasteiger partial charge on any atom is -0.330 e. The fraction of sp³-hybridized carbons (Fsp3) is 0.625. The number of hydrogen-bond acceptors (Lipinski definition) is 2. The summed E-state index contributed by atoms with van der Waals surface area (Å²) in [6.07, 6.45) is 1.99. The molecule has 0 radical (unpaired) electrons. The summed E-state index contributed by atoms with van der Waals surface area (Å²) in [5, 5.41) is 4.26. The van der Waals surface area contributed by atoms with E-state index in [9.17, 15) is 0 Å². The Morgan fingerprint density at radius 3 is 2.91 bits per heavy atom. The maximum Gasteiger partial charge on any atom is 0.0593 e. The highest BCUT2D eigenvalue weighted by Gasteiger charge is 2.00. The molecule has 62 valence electrons. The zero-order chi connectivity index (χ0) is 8.27. The van der Waals surface area contributed by atoms with Crippen molar-refractivity contribution in [3.63, 3.8) is 0 Å². The number of rotatable bonds is 3. The molecule has 0 aliphatic heterocycles. The van der Waals surface area contributed by atoms with Gasteiger partial charge in [0.05, 0.1) is 5.69 Å².